The second-order valence-electron chi connectivity index (χ2n) is 3.73. The molecule has 0 saturated carbocycles. The molecule has 86 valence electrons. The normalized spacial score (nSPS) is 13.5. The molecule has 1 N–H and O–H groups in total. The predicted octanol–water partition coefficient (Wildman–Crippen LogP) is 1.50. The zero-order chi connectivity index (χ0) is 10.8. The molecule has 0 radical (unpaired) electrons. The first kappa shape index (κ1) is 14.2. The van der Waals surface area contributed by atoms with Crippen LogP contribution in [0.4, 0.5) is 0 Å². The number of methoxy groups -OCH3 is 1. The lowest BCUT2D eigenvalue weighted by molar-refractivity contribution is 0.111. The van der Waals surface area contributed by atoms with Gasteiger partial charge in [-0.05, 0) is 5.92 Å². The van der Waals surface area contributed by atoms with E-state index in [-0.39, 0.29) is 5.38 Å². The molecule has 1 unspecified atom stereocenters. The van der Waals surface area contributed by atoms with Crippen LogP contribution in [0.25, 0.3) is 0 Å². The molecule has 0 saturated heterocycles. The summed E-state index contributed by atoms with van der Waals surface area (Å²) in [5, 5.41) is 3.25. The van der Waals surface area contributed by atoms with Gasteiger partial charge < -0.3 is 14.8 Å². The minimum absolute atomic E-state index is 0.0464. The van der Waals surface area contributed by atoms with Crippen LogP contribution in [0, 0.1) is 5.92 Å². The van der Waals surface area contributed by atoms with Crippen molar-refractivity contribution in [1.29, 1.82) is 0 Å². The Morgan fingerprint density at radius 1 is 1.29 bits per heavy atom. The van der Waals surface area contributed by atoms with Gasteiger partial charge in [0, 0.05) is 26.8 Å². The molecular formula is C10H22ClNO2. The van der Waals surface area contributed by atoms with Gasteiger partial charge in [0.05, 0.1) is 18.6 Å². The summed E-state index contributed by atoms with van der Waals surface area (Å²) in [5.74, 6) is 0.601. The molecule has 0 bridgehead atoms. The molecule has 0 spiro atoms. The zero-order valence-electron chi connectivity index (χ0n) is 9.38. The summed E-state index contributed by atoms with van der Waals surface area (Å²) in [7, 11) is 1.65. The van der Waals surface area contributed by atoms with E-state index in [1.54, 1.807) is 7.11 Å². The molecular weight excluding hydrogens is 202 g/mol. The Balaban J connectivity index is 3.05. The molecule has 0 heterocycles. The summed E-state index contributed by atoms with van der Waals surface area (Å²) < 4.78 is 10.3. The fourth-order valence-electron chi connectivity index (χ4n) is 0.962. The van der Waals surface area contributed by atoms with Crippen LogP contribution in [0.3, 0.4) is 0 Å². The molecule has 0 aliphatic heterocycles. The maximum atomic E-state index is 5.92. The first-order valence-corrected chi connectivity index (χ1v) is 5.52. The molecule has 0 aromatic heterocycles. The minimum Gasteiger partial charge on any atom is -0.383 e. The highest BCUT2D eigenvalue weighted by Gasteiger charge is 2.01. The third kappa shape index (κ3) is 10.3. The van der Waals surface area contributed by atoms with Crippen molar-refractivity contribution in [1.82, 2.24) is 5.32 Å². The van der Waals surface area contributed by atoms with Gasteiger partial charge in [-0.3, -0.25) is 0 Å². The van der Waals surface area contributed by atoms with E-state index in [4.69, 9.17) is 21.1 Å². The Morgan fingerprint density at radius 3 is 2.57 bits per heavy atom. The Labute approximate surface area is 92.1 Å². The van der Waals surface area contributed by atoms with Crippen molar-refractivity contribution in [3.63, 3.8) is 0 Å². The molecule has 0 amide bonds. The average molecular weight is 224 g/mol. The predicted molar refractivity (Wildman–Crippen MR) is 60.0 cm³/mol. The number of rotatable bonds is 9. The monoisotopic (exact) mass is 223 g/mol. The lowest BCUT2D eigenvalue weighted by Gasteiger charge is -2.10. The summed E-state index contributed by atoms with van der Waals surface area (Å²) in [4.78, 5) is 0. The largest absolute Gasteiger partial charge is 0.383 e. The van der Waals surface area contributed by atoms with E-state index in [0.29, 0.717) is 12.5 Å². The van der Waals surface area contributed by atoms with Crippen LogP contribution in [0.5, 0.6) is 0 Å². The third-order valence-corrected chi connectivity index (χ3v) is 1.87. The molecule has 0 aliphatic carbocycles. The second-order valence-corrected chi connectivity index (χ2v) is 4.34. The minimum atomic E-state index is 0.0464. The summed E-state index contributed by atoms with van der Waals surface area (Å²) in [6.45, 7) is 8.04. The molecule has 1 atom stereocenters. The van der Waals surface area contributed by atoms with E-state index < -0.39 is 0 Å². The number of hydrogen-bond acceptors (Lipinski definition) is 3. The third-order valence-electron chi connectivity index (χ3n) is 1.59. The van der Waals surface area contributed by atoms with E-state index in [1.165, 1.54) is 0 Å². The van der Waals surface area contributed by atoms with Crippen LogP contribution < -0.4 is 5.32 Å². The maximum Gasteiger partial charge on any atom is 0.0693 e. The standard InChI is InChI=1S/C10H22ClNO2/c1-9(2)7-14-5-4-12-6-10(11)8-13-3/h9-10,12H,4-8H2,1-3H3. The Morgan fingerprint density at radius 2 is 2.00 bits per heavy atom. The quantitative estimate of drug-likeness (QED) is 0.475. The Kier molecular flexibility index (Phi) is 9.83. The summed E-state index contributed by atoms with van der Waals surface area (Å²) >= 11 is 5.92. The lowest BCUT2D eigenvalue weighted by Crippen LogP contribution is -2.29. The van der Waals surface area contributed by atoms with Gasteiger partial charge in [-0.2, -0.15) is 0 Å². The van der Waals surface area contributed by atoms with Gasteiger partial charge >= 0.3 is 0 Å². The van der Waals surface area contributed by atoms with Crippen molar-refractivity contribution in [2.24, 2.45) is 5.92 Å². The van der Waals surface area contributed by atoms with Crippen molar-refractivity contribution in [2.45, 2.75) is 19.2 Å². The van der Waals surface area contributed by atoms with E-state index in [2.05, 4.69) is 19.2 Å². The van der Waals surface area contributed by atoms with Gasteiger partial charge in [0.15, 0.2) is 0 Å². The lowest BCUT2D eigenvalue weighted by atomic mass is 10.2. The summed E-state index contributed by atoms with van der Waals surface area (Å²) in [5.41, 5.74) is 0. The van der Waals surface area contributed by atoms with Crippen molar-refractivity contribution < 1.29 is 9.47 Å². The van der Waals surface area contributed by atoms with E-state index in [9.17, 15) is 0 Å². The maximum absolute atomic E-state index is 5.92. The highest BCUT2D eigenvalue weighted by atomic mass is 35.5. The first-order valence-electron chi connectivity index (χ1n) is 5.08. The zero-order valence-corrected chi connectivity index (χ0v) is 10.1. The van der Waals surface area contributed by atoms with Crippen LogP contribution >= 0.6 is 11.6 Å². The van der Waals surface area contributed by atoms with Crippen LogP contribution in [-0.4, -0.2) is 45.4 Å². The first-order chi connectivity index (χ1) is 6.66. The van der Waals surface area contributed by atoms with Gasteiger partial charge in [0.25, 0.3) is 0 Å². The van der Waals surface area contributed by atoms with Crippen molar-refractivity contribution >= 4 is 11.6 Å². The Bertz CT molecular complexity index is 123. The summed E-state index contributed by atoms with van der Waals surface area (Å²) in [6, 6.07) is 0. The molecule has 0 rings (SSSR count). The van der Waals surface area contributed by atoms with E-state index >= 15 is 0 Å². The highest BCUT2D eigenvalue weighted by Crippen LogP contribution is 1.94. The molecule has 0 aliphatic rings. The smallest absolute Gasteiger partial charge is 0.0693 e. The van der Waals surface area contributed by atoms with Gasteiger partial charge in [-0.1, -0.05) is 13.8 Å². The molecule has 4 heteroatoms. The average Bonchev–Trinajstić information content (AvgIpc) is 2.11. The molecule has 0 aromatic rings. The summed E-state index contributed by atoms with van der Waals surface area (Å²) in [6.07, 6.45) is 0. The van der Waals surface area contributed by atoms with Crippen LogP contribution in [0.2, 0.25) is 0 Å². The second kappa shape index (κ2) is 9.71. The number of alkyl halides is 1. The SMILES string of the molecule is COCC(Cl)CNCCOCC(C)C. The van der Waals surface area contributed by atoms with E-state index in [1.807, 2.05) is 0 Å². The van der Waals surface area contributed by atoms with E-state index in [0.717, 1.165) is 26.3 Å². The van der Waals surface area contributed by atoms with Gasteiger partial charge in [-0.15, -0.1) is 11.6 Å². The number of hydrogen-bond donors (Lipinski definition) is 1. The van der Waals surface area contributed by atoms with Gasteiger partial charge in [0.1, 0.15) is 0 Å². The highest BCUT2D eigenvalue weighted by molar-refractivity contribution is 6.20. The van der Waals surface area contributed by atoms with Crippen LogP contribution in [-0.2, 0) is 9.47 Å². The fraction of sp³-hybridized carbons (Fsp3) is 1.00. The van der Waals surface area contributed by atoms with Crippen molar-refractivity contribution in [2.75, 3.05) is 40.0 Å². The molecule has 14 heavy (non-hydrogen) atoms. The van der Waals surface area contributed by atoms with Crippen molar-refractivity contribution in [3.05, 3.63) is 0 Å². The van der Waals surface area contributed by atoms with Gasteiger partial charge in [0.2, 0.25) is 0 Å². The fourth-order valence-corrected chi connectivity index (χ4v) is 1.20. The number of nitrogens with one attached hydrogen (secondary N) is 1. The van der Waals surface area contributed by atoms with Crippen LogP contribution in [0.1, 0.15) is 13.8 Å². The van der Waals surface area contributed by atoms with Crippen molar-refractivity contribution in [3.8, 4) is 0 Å². The molecule has 3 nitrogen and oxygen atoms in total. The topological polar surface area (TPSA) is 30.5 Å². The number of halogens is 1. The number of ether oxygens (including phenoxy) is 2. The van der Waals surface area contributed by atoms with Gasteiger partial charge in [-0.25, -0.2) is 0 Å². The molecule has 0 aromatic carbocycles. The van der Waals surface area contributed by atoms with Crippen LogP contribution in [0.15, 0.2) is 0 Å². The molecule has 0 fully saturated rings. The Hall–Kier alpha value is 0.170.